The van der Waals surface area contributed by atoms with Crippen LogP contribution in [0.3, 0.4) is 0 Å². The Morgan fingerprint density at radius 2 is 1.54 bits per heavy atom. The summed E-state index contributed by atoms with van der Waals surface area (Å²) in [5, 5.41) is 6.59. The third kappa shape index (κ3) is 14.1. The van der Waals surface area contributed by atoms with E-state index in [1.54, 1.807) is 36.4 Å². The van der Waals surface area contributed by atoms with E-state index < -0.39 is 11.9 Å². The molecule has 0 fully saturated rings. The Morgan fingerprint density at radius 3 is 2.21 bits per heavy atom. The average molecular weight is 601 g/mol. The van der Waals surface area contributed by atoms with E-state index in [9.17, 15) is 14.4 Å². The highest BCUT2D eigenvalue weighted by Gasteiger charge is 2.12. The number of carbonyl (C=O) groups excluding carboxylic acids is 3. The van der Waals surface area contributed by atoms with Crippen molar-refractivity contribution in [3.63, 3.8) is 0 Å². The van der Waals surface area contributed by atoms with Gasteiger partial charge in [-0.15, -0.1) is 0 Å². The number of nitrogens with zero attached hydrogens (tertiary/aromatic N) is 1. The molecule has 0 bridgehead atoms. The number of hydrogen-bond donors (Lipinski definition) is 2. The second-order valence-corrected chi connectivity index (χ2v) is 10.7. The Hall–Kier alpha value is -3.00. The topological polar surface area (TPSA) is 96.9 Å². The zero-order valence-electron chi connectivity index (χ0n) is 23.3. The van der Waals surface area contributed by atoms with Crippen LogP contribution in [-0.2, 0) is 9.59 Å². The first-order chi connectivity index (χ1) is 18.9. The van der Waals surface area contributed by atoms with Crippen LogP contribution in [0.15, 0.2) is 52.0 Å². The SMILES string of the molecule is CCCCCCCCCCCCCC(=O)NCC(=O)NN=Cc1cc(Br)ccc1OC(=O)c1cccc(C)c1. The molecule has 0 radical (unpaired) electrons. The Kier molecular flexibility index (Phi) is 15.8. The lowest BCUT2D eigenvalue weighted by Crippen LogP contribution is -2.34. The highest BCUT2D eigenvalue weighted by atomic mass is 79.9. The molecular weight excluding hydrogens is 558 g/mol. The van der Waals surface area contributed by atoms with Crippen molar-refractivity contribution in [1.82, 2.24) is 10.7 Å². The second-order valence-electron chi connectivity index (χ2n) is 9.80. The molecule has 2 N–H and O–H groups in total. The van der Waals surface area contributed by atoms with E-state index in [1.165, 1.54) is 57.6 Å². The molecule has 0 saturated carbocycles. The zero-order valence-corrected chi connectivity index (χ0v) is 24.9. The predicted octanol–water partition coefficient (Wildman–Crippen LogP) is 7.24. The number of unbranched alkanes of at least 4 members (excludes halogenated alkanes) is 10. The first kappa shape index (κ1) is 32.2. The molecule has 0 unspecified atom stereocenters. The van der Waals surface area contributed by atoms with E-state index in [-0.39, 0.29) is 12.5 Å². The highest BCUT2D eigenvalue weighted by molar-refractivity contribution is 9.10. The minimum absolute atomic E-state index is 0.137. The van der Waals surface area contributed by atoms with Crippen LogP contribution in [0.5, 0.6) is 5.75 Å². The number of rotatable bonds is 18. The third-order valence-electron chi connectivity index (χ3n) is 6.27. The fourth-order valence-electron chi connectivity index (χ4n) is 4.07. The fraction of sp³-hybridized carbons (Fsp3) is 0.484. The van der Waals surface area contributed by atoms with Gasteiger partial charge in [-0.3, -0.25) is 9.59 Å². The molecule has 0 aromatic heterocycles. The first-order valence-electron chi connectivity index (χ1n) is 14.1. The lowest BCUT2D eigenvalue weighted by molar-refractivity contribution is -0.126. The van der Waals surface area contributed by atoms with Crippen molar-refractivity contribution in [2.24, 2.45) is 5.10 Å². The Morgan fingerprint density at radius 1 is 0.872 bits per heavy atom. The monoisotopic (exact) mass is 599 g/mol. The van der Waals surface area contributed by atoms with E-state index in [4.69, 9.17) is 4.74 Å². The predicted molar refractivity (Wildman–Crippen MR) is 160 cm³/mol. The third-order valence-corrected chi connectivity index (χ3v) is 6.77. The van der Waals surface area contributed by atoms with E-state index in [2.05, 4.69) is 38.7 Å². The molecule has 39 heavy (non-hydrogen) atoms. The number of hydrogen-bond acceptors (Lipinski definition) is 5. The maximum Gasteiger partial charge on any atom is 0.343 e. The molecule has 0 aliphatic heterocycles. The number of esters is 1. The molecule has 0 aliphatic rings. The van der Waals surface area contributed by atoms with Crippen LogP contribution in [0.4, 0.5) is 0 Å². The van der Waals surface area contributed by atoms with Gasteiger partial charge in [0.05, 0.1) is 18.3 Å². The van der Waals surface area contributed by atoms with Crippen molar-refractivity contribution in [3.8, 4) is 5.75 Å². The maximum absolute atomic E-state index is 12.5. The number of amides is 2. The van der Waals surface area contributed by atoms with Crippen LogP contribution in [0.1, 0.15) is 105 Å². The molecule has 7 nitrogen and oxygen atoms in total. The number of hydrazone groups is 1. The lowest BCUT2D eigenvalue weighted by atomic mass is 10.1. The molecule has 2 aromatic rings. The van der Waals surface area contributed by atoms with Gasteiger partial charge < -0.3 is 10.1 Å². The number of aryl methyl sites for hydroxylation is 1. The summed E-state index contributed by atoms with van der Waals surface area (Å²) in [5.41, 5.74) is 4.30. The Bertz CT molecular complexity index is 1090. The smallest absolute Gasteiger partial charge is 0.343 e. The number of carbonyl (C=O) groups is 3. The standard InChI is InChI=1S/C31H42BrN3O4/c1-3-4-5-6-7-8-9-10-11-12-13-17-29(36)33-23-30(37)35-34-22-26-21-27(32)18-19-28(26)39-31(38)25-16-14-15-24(2)20-25/h14-16,18-22H,3-13,17,23H2,1-2H3,(H,33,36)(H,35,37). The second kappa shape index (κ2) is 19.1. The van der Waals surface area contributed by atoms with Crippen molar-refractivity contribution in [1.29, 1.82) is 0 Å². The summed E-state index contributed by atoms with van der Waals surface area (Å²) < 4.78 is 6.31. The molecule has 8 heteroatoms. The molecule has 0 heterocycles. The summed E-state index contributed by atoms with van der Waals surface area (Å²) in [6.07, 6.45) is 15.3. The van der Waals surface area contributed by atoms with Crippen molar-refractivity contribution in [3.05, 3.63) is 63.6 Å². The molecule has 2 rings (SSSR count). The summed E-state index contributed by atoms with van der Waals surface area (Å²) in [6.45, 7) is 3.99. The fourth-order valence-corrected chi connectivity index (χ4v) is 4.45. The summed E-state index contributed by atoms with van der Waals surface area (Å²) >= 11 is 3.39. The highest BCUT2D eigenvalue weighted by Crippen LogP contribution is 2.23. The minimum Gasteiger partial charge on any atom is -0.422 e. The van der Waals surface area contributed by atoms with Crippen molar-refractivity contribution >= 4 is 39.9 Å². The minimum atomic E-state index is -0.486. The maximum atomic E-state index is 12.5. The number of halogens is 1. The lowest BCUT2D eigenvalue weighted by Gasteiger charge is -2.08. The van der Waals surface area contributed by atoms with Crippen LogP contribution in [0.25, 0.3) is 0 Å². The van der Waals surface area contributed by atoms with Gasteiger partial charge in [-0.1, -0.05) is 105 Å². The number of ether oxygens (including phenoxy) is 1. The number of benzene rings is 2. The van der Waals surface area contributed by atoms with Gasteiger partial charge in [0.15, 0.2) is 0 Å². The molecule has 0 aliphatic carbocycles. The van der Waals surface area contributed by atoms with Gasteiger partial charge in [-0.25, -0.2) is 10.2 Å². The van der Waals surface area contributed by atoms with Gasteiger partial charge >= 0.3 is 5.97 Å². The Labute approximate surface area is 241 Å². The van der Waals surface area contributed by atoms with Crippen LogP contribution in [0, 0.1) is 6.92 Å². The summed E-state index contributed by atoms with van der Waals surface area (Å²) in [5.74, 6) is -0.752. The largest absolute Gasteiger partial charge is 0.422 e. The van der Waals surface area contributed by atoms with Gasteiger partial charge in [-0.2, -0.15) is 5.10 Å². The van der Waals surface area contributed by atoms with Gasteiger partial charge in [0.25, 0.3) is 5.91 Å². The molecule has 0 atom stereocenters. The molecule has 2 aromatic carbocycles. The first-order valence-corrected chi connectivity index (χ1v) is 14.9. The van der Waals surface area contributed by atoms with Gasteiger partial charge in [-0.05, 0) is 43.7 Å². The average Bonchev–Trinajstić information content (AvgIpc) is 2.92. The quantitative estimate of drug-likeness (QED) is 0.0620. The molecular formula is C31H42BrN3O4. The van der Waals surface area contributed by atoms with E-state index >= 15 is 0 Å². The number of nitrogens with one attached hydrogen (secondary N) is 2. The summed E-state index contributed by atoms with van der Waals surface area (Å²) in [6, 6.07) is 12.3. The summed E-state index contributed by atoms with van der Waals surface area (Å²) in [4.78, 5) is 36.7. The van der Waals surface area contributed by atoms with E-state index in [0.717, 1.165) is 29.3 Å². The molecule has 0 spiro atoms. The molecule has 2 amide bonds. The summed E-state index contributed by atoms with van der Waals surface area (Å²) in [7, 11) is 0. The van der Waals surface area contributed by atoms with Crippen LogP contribution in [0.2, 0.25) is 0 Å². The van der Waals surface area contributed by atoms with Crippen molar-refractivity contribution < 1.29 is 19.1 Å². The Balaban J connectivity index is 1.65. The van der Waals surface area contributed by atoms with Gasteiger partial charge in [0.2, 0.25) is 5.91 Å². The van der Waals surface area contributed by atoms with Gasteiger partial charge in [0, 0.05) is 16.5 Å². The van der Waals surface area contributed by atoms with Crippen molar-refractivity contribution in [2.45, 2.75) is 90.9 Å². The van der Waals surface area contributed by atoms with Crippen LogP contribution < -0.4 is 15.5 Å². The van der Waals surface area contributed by atoms with Crippen LogP contribution >= 0.6 is 15.9 Å². The molecule has 0 saturated heterocycles. The van der Waals surface area contributed by atoms with Crippen molar-refractivity contribution in [2.75, 3.05) is 6.54 Å². The normalized spacial score (nSPS) is 10.9. The van der Waals surface area contributed by atoms with Gasteiger partial charge in [0.1, 0.15) is 5.75 Å². The molecule has 212 valence electrons. The van der Waals surface area contributed by atoms with Crippen LogP contribution in [-0.4, -0.2) is 30.5 Å². The van der Waals surface area contributed by atoms with E-state index in [1.807, 2.05) is 13.0 Å². The zero-order chi connectivity index (χ0) is 28.3. The van der Waals surface area contributed by atoms with E-state index in [0.29, 0.717) is 23.3 Å².